The molecule has 100 valence electrons. The van der Waals surface area contributed by atoms with Gasteiger partial charge in [0.1, 0.15) is 12.4 Å². The van der Waals surface area contributed by atoms with E-state index < -0.39 is 5.97 Å². The molecular weight excluding hydrogens is 254 g/mol. The van der Waals surface area contributed by atoms with Crippen molar-refractivity contribution in [2.75, 3.05) is 0 Å². The summed E-state index contributed by atoms with van der Waals surface area (Å²) in [6.45, 7) is 0.485. The predicted octanol–water partition coefficient (Wildman–Crippen LogP) is 3.45. The molecule has 3 rings (SSSR count). The minimum absolute atomic E-state index is 0.273. The largest absolute Gasteiger partial charge is 0.489 e. The van der Waals surface area contributed by atoms with Crippen molar-refractivity contribution in [2.24, 2.45) is 0 Å². The van der Waals surface area contributed by atoms with Crippen molar-refractivity contribution >= 4 is 16.9 Å². The number of aromatic carboxylic acids is 1. The number of hydrogen-bond donors (Lipinski definition) is 2. The maximum Gasteiger partial charge on any atom is 0.337 e. The Morgan fingerprint density at radius 1 is 1.15 bits per heavy atom. The van der Waals surface area contributed by atoms with E-state index in [4.69, 9.17) is 9.84 Å². The number of fused-ring (bicyclic) bond motifs is 1. The second-order valence-electron chi connectivity index (χ2n) is 4.49. The van der Waals surface area contributed by atoms with Crippen LogP contribution in [0.3, 0.4) is 0 Å². The Bertz CT molecular complexity index is 747. The number of nitrogens with one attached hydrogen (secondary N) is 1. The molecular formula is C16H13NO3. The molecule has 3 aromatic rings. The topological polar surface area (TPSA) is 62.3 Å². The highest BCUT2D eigenvalue weighted by atomic mass is 16.5. The fourth-order valence-electron chi connectivity index (χ4n) is 2.11. The third-order valence-corrected chi connectivity index (χ3v) is 3.13. The number of aromatic amines is 1. The predicted molar refractivity (Wildman–Crippen MR) is 76.0 cm³/mol. The molecule has 20 heavy (non-hydrogen) atoms. The second kappa shape index (κ2) is 5.09. The van der Waals surface area contributed by atoms with Crippen LogP contribution in [0.4, 0.5) is 0 Å². The Balaban J connectivity index is 1.81. The van der Waals surface area contributed by atoms with E-state index in [-0.39, 0.29) is 5.56 Å². The molecule has 0 fully saturated rings. The van der Waals surface area contributed by atoms with Gasteiger partial charge in [-0.25, -0.2) is 4.79 Å². The molecule has 4 heteroatoms. The number of aromatic nitrogens is 1. The minimum atomic E-state index is -0.936. The zero-order valence-corrected chi connectivity index (χ0v) is 10.7. The van der Waals surface area contributed by atoms with Gasteiger partial charge < -0.3 is 14.8 Å². The Morgan fingerprint density at radius 3 is 2.70 bits per heavy atom. The van der Waals surface area contributed by atoms with Gasteiger partial charge in [0.25, 0.3) is 0 Å². The minimum Gasteiger partial charge on any atom is -0.489 e. The lowest BCUT2D eigenvalue weighted by molar-refractivity contribution is 0.0699. The summed E-state index contributed by atoms with van der Waals surface area (Å²) in [6, 6.07) is 15.2. The van der Waals surface area contributed by atoms with E-state index in [0.717, 1.165) is 11.1 Å². The molecule has 0 bridgehead atoms. The average molecular weight is 267 g/mol. The molecule has 0 aliphatic heterocycles. The number of ether oxygens (including phenoxy) is 1. The van der Waals surface area contributed by atoms with Gasteiger partial charge in [0, 0.05) is 23.2 Å². The monoisotopic (exact) mass is 267 g/mol. The molecule has 0 aliphatic rings. The van der Waals surface area contributed by atoms with Crippen molar-refractivity contribution in [2.45, 2.75) is 6.61 Å². The van der Waals surface area contributed by atoms with Gasteiger partial charge in [0.05, 0.1) is 5.56 Å². The highest BCUT2D eigenvalue weighted by Crippen LogP contribution is 2.24. The summed E-state index contributed by atoms with van der Waals surface area (Å²) in [5.74, 6) is -0.227. The summed E-state index contributed by atoms with van der Waals surface area (Å²) in [4.78, 5) is 14.0. The molecule has 0 spiro atoms. The van der Waals surface area contributed by atoms with Gasteiger partial charge in [-0.2, -0.15) is 0 Å². The molecule has 2 N–H and O–H groups in total. The van der Waals surface area contributed by atoms with Crippen molar-refractivity contribution in [1.82, 2.24) is 4.98 Å². The van der Waals surface area contributed by atoms with Gasteiger partial charge >= 0.3 is 5.97 Å². The Hall–Kier alpha value is -2.75. The van der Waals surface area contributed by atoms with Crippen LogP contribution >= 0.6 is 0 Å². The van der Waals surface area contributed by atoms with Gasteiger partial charge in [-0.05, 0) is 17.7 Å². The smallest absolute Gasteiger partial charge is 0.337 e. The quantitative estimate of drug-likeness (QED) is 0.761. The number of benzene rings is 2. The molecule has 1 aromatic heterocycles. The first-order valence-corrected chi connectivity index (χ1v) is 6.25. The first-order chi connectivity index (χ1) is 9.74. The maximum atomic E-state index is 11.0. The lowest BCUT2D eigenvalue weighted by atomic mass is 10.2. The van der Waals surface area contributed by atoms with Crippen molar-refractivity contribution < 1.29 is 14.6 Å². The summed E-state index contributed by atoms with van der Waals surface area (Å²) < 4.78 is 5.70. The van der Waals surface area contributed by atoms with Gasteiger partial charge in [-0.3, -0.25) is 0 Å². The first-order valence-electron chi connectivity index (χ1n) is 6.25. The summed E-state index contributed by atoms with van der Waals surface area (Å²) >= 11 is 0. The molecule has 0 aliphatic carbocycles. The van der Waals surface area contributed by atoms with Crippen LogP contribution in [0, 0.1) is 0 Å². The van der Waals surface area contributed by atoms with Crippen LogP contribution in [0.15, 0.2) is 54.7 Å². The van der Waals surface area contributed by atoms with Crippen molar-refractivity contribution in [3.05, 3.63) is 65.9 Å². The molecule has 0 atom stereocenters. The first kappa shape index (κ1) is 12.3. The van der Waals surface area contributed by atoms with E-state index in [1.165, 1.54) is 6.20 Å². The van der Waals surface area contributed by atoms with Crippen LogP contribution in [-0.4, -0.2) is 16.1 Å². The Labute approximate surface area is 115 Å². The molecule has 0 unspecified atom stereocenters. The number of carbonyl (C=O) groups is 1. The fraction of sp³-hybridized carbons (Fsp3) is 0.0625. The number of H-pyrrole nitrogens is 1. The number of hydrogen-bond acceptors (Lipinski definition) is 2. The van der Waals surface area contributed by atoms with E-state index in [0.29, 0.717) is 17.7 Å². The highest BCUT2D eigenvalue weighted by molar-refractivity contribution is 6.03. The lowest BCUT2D eigenvalue weighted by Gasteiger charge is -2.06. The number of carboxylic acid groups (broad SMARTS) is 1. The summed E-state index contributed by atoms with van der Waals surface area (Å²) in [5.41, 5.74) is 2.12. The van der Waals surface area contributed by atoms with Gasteiger partial charge in [0.15, 0.2) is 0 Å². The van der Waals surface area contributed by atoms with E-state index in [9.17, 15) is 4.79 Å². The van der Waals surface area contributed by atoms with Crippen molar-refractivity contribution in [1.29, 1.82) is 0 Å². The highest BCUT2D eigenvalue weighted by Gasteiger charge is 2.10. The molecule has 0 saturated heterocycles. The number of rotatable bonds is 4. The van der Waals surface area contributed by atoms with Gasteiger partial charge in [-0.15, -0.1) is 0 Å². The average Bonchev–Trinajstić information content (AvgIpc) is 2.89. The Morgan fingerprint density at radius 2 is 1.95 bits per heavy atom. The van der Waals surface area contributed by atoms with Gasteiger partial charge in [0.2, 0.25) is 0 Å². The second-order valence-corrected chi connectivity index (χ2v) is 4.49. The molecule has 1 heterocycles. The van der Waals surface area contributed by atoms with Crippen LogP contribution in [0.5, 0.6) is 5.75 Å². The van der Waals surface area contributed by atoms with Crippen molar-refractivity contribution in [3.8, 4) is 5.75 Å². The molecule has 0 amide bonds. The van der Waals surface area contributed by atoms with Crippen LogP contribution in [0.2, 0.25) is 0 Å². The standard InChI is InChI=1S/C16H13NO3/c18-16(19)14-9-17-15-8-12(6-7-13(14)15)20-10-11-4-2-1-3-5-11/h1-9,17H,10H2,(H,18,19). The van der Waals surface area contributed by atoms with E-state index >= 15 is 0 Å². The SMILES string of the molecule is O=C(O)c1c[nH]c2cc(OCc3ccccc3)ccc12. The molecule has 2 aromatic carbocycles. The number of carboxylic acids is 1. The van der Waals surface area contributed by atoms with Crippen LogP contribution in [-0.2, 0) is 6.61 Å². The van der Waals surface area contributed by atoms with Crippen LogP contribution in [0.25, 0.3) is 10.9 Å². The van der Waals surface area contributed by atoms with Crippen molar-refractivity contribution in [3.63, 3.8) is 0 Å². The molecule has 0 saturated carbocycles. The zero-order chi connectivity index (χ0) is 13.9. The molecule has 4 nitrogen and oxygen atoms in total. The lowest BCUT2D eigenvalue weighted by Crippen LogP contribution is -1.95. The Kier molecular flexibility index (Phi) is 3.13. The van der Waals surface area contributed by atoms with E-state index in [2.05, 4.69) is 4.98 Å². The van der Waals surface area contributed by atoms with E-state index in [1.807, 2.05) is 36.4 Å². The maximum absolute atomic E-state index is 11.0. The van der Waals surface area contributed by atoms with Crippen LogP contribution < -0.4 is 4.74 Å². The third kappa shape index (κ3) is 2.36. The summed E-state index contributed by atoms with van der Waals surface area (Å²) in [5, 5.41) is 9.73. The third-order valence-electron chi connectivity index (χ3n) is 3.13. The molecule has 0 radical (unpaired) electrons. The fourth-order valence-corrected chi connectivity index (χ4v) is 2.11. The summed E-state index contributed by atoms with van der Waals surface area (Å²) in [7, 11) is 0. The van der Waals surface area contributed by atoms with E-state index in [1.54, 1.807) is 12.1 Å². The zero-order valence-electron chi connectivity index (χ0n) is 10.7. The van der Waals surface area contributed by atoms with Gasteiger partial charge in [-0.1, -0.05) is 30.3 Å². The summed E-state index contributed by atoms with van der Waals surface area (Å²) in [6.07, 6.45) is 1.49. The van der Waals surface area contributed by atoms with Crippen LogP contribution in [0.1, 0.15) is 15.9 Å². The normalized spacial score (nSPS) is 10.6.